The number of nitrogens with zero attached hydrogens (tertiary/aromatic N) is 1. The van der Waals surface area contributed by atoms with Crippen LogP contribution in [0, 0.1) is 0 Å². The van der Waals surface area contributed by atoms with Crippen molar-refractivity contribution < 1.29 is 9.21 Å². The van der Waals surface area contributed by atoms with E-state index in [1.807, 2.05) is 12.1 Å². The number of aromatic nitrogens is 1. The van der Waals surface area contributed by atoms with Crippen LogP contribution in [-0.2, 0) is 13.5 Å². The Morgan fingerprint density at radius 3 is 2.96 bits per heavy atom. The van der Waals surface area contributed by atoms with Crippen LogP contribution in [0.5, 0.6) is 0 Å². The number of hydrogen-bond acceptors (Lipinski definition) is 3. The molecule has 4 rings (SSSR count). The van der Waals surface area contributed by atoms with Crippen LogP contribution in [0.15, 0.2) is 51.7 Å². The van der Waals surface area contributed by atoms with Crippen LogP contribution in [0.1, 0.15) is 30.0 Å². The number of hydrogen-bond donors (Lipinski definition) is 2. The fraction of sp³-hybridized carbons (Fsp3) is 0.263. The number of fused-ring (bicyclic) bond motifs is 2. The Kier molecular flexibility index (Phi) is 3.80. The van der Waals surface area contributed by atoms with Gasteiger partial charge in [0.2, 0.25) is 0 Å². The molecule has 3 aromatic rings. The number of carbonyl (C=O) groups is 1. The smallest absolute Gasteiger partial charge is 0.408 e. The van der Waals surface area contributed by atoms with Gasteiger partial charge in [0.15, 0.2) is 5.58 Å². The summed E-state index contributed by atoms with van der Waals surface area (Å²) in [6, 6.07) is 13.1. The van der Waals surface area contributed by atoms with E-state index in [9.17, 15) is 9.59 Å². The molecular formula is C19H19N3O3. The lowest BCUT2D eigenvalue weighted by Crippen LogP contribution is -2.34. The van der Waals surface area contributed by atoms with Gasteiger partial charge in [-0.05, 0) is 48.6 Å². The van der Waals surface area contributed by atoms with Crippen molar-refractivity contribution in [1.82, 2.24) is 9.88 Å². The van der Waals surface area contributed by atoms with Crippen LogP contribution >= 0.6 is 0 Å². The highest BCUT2D eigenvalue weighted by atomic mass is 16.4. The standard InChI is InChI=1S/C19H19N3O3/c1-22-16-11-13(9-10-17(16)25-19(22)24)20-18(23)21-15-8-4-6-12-5-2-3-7-14(12)15/h2-3,5,7,9-11,15H,4,6,8H2,1H3,(H2,20,21,23)/t15-/m0/s1. The Balaban J connectivity index is 1.51. The van der Waals surface area contributed by atoms with Crippen LogP contribution in [0.25, 0.3) is 11.1 Å². The van der Waals surface area contributed by atoms with Crippen molar-refractivity contribution in [2.75, 3.05) is 5.32 Å². The van der Waals surface area contributed by atoms with Crippen molar-refractivity contribution in [1.29, 1.82) is 0 Å². The SMILES string of the molecule is Cn1c(=O)oc2ccc(NC(=O)N[C@H]3CCCc4ccccc43)cc21. The summed E-state index contributed by atoms with van der Waals surface area (Å²) in [5.74, 6) is -0.421. The number of rotatable bonds is 2. The van der Waals surface area contributed by atoms with Crippen molar-refractivity contribution in [2.24, 2.45) is 7.05 Å². The topological polar surface area (TPSA) is 76.3 Å². The second kappa shape index (κ2) is 6.12. The molecule has 0 spiro atoms. The van der Waals surface area contributed by atoms with E-state index >= 15 is 0 Å². The maximum absolute atomic E-state index is 12.4. The highest BCUT2D eigenvalue weighted by Gasteiger charge is 2.21. The minimum Gasteiger partial charge on any atom is -0.408 e. The fourth-order valence-corrected chi connectivity index (χ4v) is 3.43. The monoisotopic (exact) mass is 337 g/mol. The van der Waals surface area contributed by atoms with Gasteiger partial charge in [-0.3, -0.25) is 4.57 Å². The van der Waals surface area contributed by atoms with Gasteiger partial charge in [-0.1, -0.05) is 24.3 Å². The van der Waals surface area contributed by atoms with Crippen LogP contribution in [0.4, 0.5) is 10.5 Å². The van der Waals surface area contributed by atoms with Crippen molar-refractivity contribution in [3.05, 3.63) is 64.1 Å². The zero-order valence-electron chi connectivity index (χ0n) is 13.9. The first kappa shape index (κ1) is 15.5. The van der Waals surface area contributed by atoms with Crippen LogP contribution in [0.2, 0.25) is 0 Å². The molecule has 1 aliphatic carbocycles. The van der Waals surface area contributed by atoms with Crippen molar-refractivity contribution in [3.8, 4) is 0 Å². The van der Waals surface area contributed by atoms with Gasteiger partial charge in [0, 0.05) is 12.7 Å². The molecule has 2 aromatic carbocycles. The highest BCUT2D eigenvalue weighted by molar-refractivity contribution is 5.91. The first-order valence-electron chi connectivity index (χ1n) is 8.37. The number of oxazole rings is 1. The zero-order valence-corrected chi connectivity index (χ0v) is 13.9. The maximum atomic E-state index is 12.4. The van der Waals surface area contributed by atoms with Gasteiger partial charge in [0.25, 0.3) is 0 Å². The number of nitrogens with one attached hydrogen (secondary N) is 2. The Morgan fingerprint density at radius 1 is 1.24 bits per heavy atom. The minimum absolute atomic E-state index is 0.0203. The van der Waals surface area contributed by atoms with Gasteiger partial charge in [0.1, 0.15) is 0 Å². The molecule has 128 valence electrons. The van der Waals surface area contributed by atoms with E-state index in [0.717, 1.165) is 19.3 Å². The molecule has 0 fully saturated rings. The molecule has 0 unspecified atom stereocenters. The molecule has 0 saturated heterocycles. The summed E-state index contributed by atoms with van der Waals surface area (Å²) in [7, 11) is 1.64. The Morgan fingerprint density at radius 2 is 2.08 bits per heavy atom. The molecule has 25 heavy (non-hydrogen) atoms. The molecule has 1 heterocycles. The summed E-state index contributed by atoms with van der Waals surface area (Å²) >= 11 is 0. The number of amides is 2. The minimum atomic E-state index is -0.421. The third kappa shape index (κ3) is 2.91. The first-order valence-corrected chi connectivity index (χ1v) is 8.37. The number of carbonyl (C=O) groups excluding carboxylic acids is 1. The molecule has 6 nitrogen and oxygen atoms in total. The van der Waals surface area contributed by atoms with Gasteiger partial charge >= 0.3 is 11.8 Å². The van der Waals surface area contributed by atoms with E-state index in [4.69, 9.17) is 4.42 Å². The van der Waals surface area contributed by atoms with Crippen LogP contribution in [0.3, 0.4) is 0 Å². The number of benzene rings is 2. The molecule has 1 atom stereocenters. The van der Waals surface area contributed by atoms with E-state index < -0.39 is 5.76 Å². The van der Waals surface area contributed by atoms with Gasteiger partial charge < -0.3 is 15.1 Å². The van der Waals surface area contributed by atoms with Gasteiger partial charge in [-0.25, -0.2) is 9.59 Å². The lowest BCUT2D eigenvalue weighted by atomic mass is 9.88. The summed E-state index contributed by atoms with van der Waals surface area (Å²) in [4.78, 5) is 24.0. The predicted molar refractivity (Wildman–Crippen MR) is 95.7 cm³/mol. The molecule has 0 aliphatic heterocycles. The number of anilines is 1. The summed E-state index contributed by atoms with van der Waals surface area (Å²) in [5.41, 5.74) is 4.25. The average molecular weight is 337 g/mol. The zero-order chi connectivity index (χ0) is 17.4. The predicted octanol–water partition coefficient (Wildman–Crippen LogP) is 3.33. The molecule has 0 bridgehead atoms. The molecule has 1 aromatic heterocycles. The van der Waals surface area contributed by atoms with Crippen molar-refractivity contribution >= 4 is 22.8 Å². The Hall–Kier alpha value is -3.02. The fourth-order valence-electron chi connectivity index (χ4n) is 3.43. The third-order valence-corrected chi connectivity index (χ3v) is 4.72. The van der Waals surface area contributed by atoms with E-state index in [-0.39, 0.29) is 12.1 Å². The molecule has 0 radical (unpaired) electrons. The summed E-state index contributed by atoms with van der Waals surface area (Å²) in [5, 5.41) is 5.89. The molecule has 0 saturated carbocycles. The van der Waals surface area contributed by atoms with Gasteiger partial charge in [0.05, 0.1) is 11.6 Å². The Labute approximate surface area is 144 Å². The summed E-state index contributed by atoms with van der Waals surface area (Å²) in [6.45, 7) is 0. The average Bonchev–Trinajstić information content (AvgIpc) is 2.90. The quantitative estimate of drug-likeness (QED) is 0.753. The number of aryl methyl sites for hydroxylation is 2. The summed E-state index contributed by atoms with van der Waals surface area (Å²) < 4.78 is 6.51. The van der Waals surface area contributed by atoms with E-state index in [1.54, 1.807) is 25.2 Å². The molecule has 2 amide bonds. The maximum Gasteiger partial charge on any atom is 0.419 e. The third-order valence-electron chi connectivity index (χ3n) is 4.72. The van der Waals surface area contributed by atoms with E-state index in [0.29, 0.717) is 16.8 Å². The lowest BCUT2D eigenvalue weighted by molar-refractivity contribution is 0.247. The van der Waals surface area contributed by atoms with Crippen molar-refractivity contribution in [2.45, 2.75) is 25.3 Å². The first-order chi connectivity index (χ1) is 12.1. The summed E-state index contributed by atoms with van der Waals surface area (Å²) in [6.07, 6.45) is 3.05. The van der Waals surface area contributed by atoms with Crippen molar-refractivity contribution in [3.63, 3.8) is 0 Å². The molecule has 1 aliphatic rings. The van der Waals surface area contributed by atoms with E-state index in [1.165, 1.54) is 15.7 Å². The highest BCUT2D eigenvalue weighted by Crippen LogP contribution is 2.29. The Bertz CT molecular complexity index is 1000. The van der Waals surface area contributed by atoms with Crippen LogP contribution < -0.4 is 16.4 Å². The largest absolute Gasteiger partial charge is 0.419 e. The lowest BCUT2D eigenvalue weighted by Gasteiger charge is -2.26. The van der Waals surface area contributed by atoms with E-state index in [2.05, 4.69) is 22.8 Å². The van der Waals surface area contributed by atoms with Gasteiger partial charge in [-0.15, -0.1) is 0 Å². The van der Waals surface area contributed by atoms with Gasteiger partial charge in [-0.2, -0.15) is 0 Å². The number of urea groups is 1. The second-order valence-corrected chi connectivity index (χ2v) is 6.35. The van der Waals surface area contributed by atoms with Crippen LogP contribution in [-0.4, -0.2) is 10.6 Å². The second-order valence-electron chi connectivity index (χ2n) is 6.35. The molecule has 6 heteroatoms. The molecule has 2 N–H and O–H groups in total. The molecular weight excluding hydrogens is 318 g/mol. The normalized spacial score (nSPS) is 16.4.